The fourth-order valence-electron chi connectivity index (χ4n) is 4.37. The highest BCUT2D eigenvalue weighted by molar-refractivity contribution is 7.89. The Morgan fingerprint density at radius 3 is 2.59 bits per heavy atom. The number of benzene rings is 1. The van der Waals surface area contributed by atoms with Gasteiger partial charge in [-0.25, -0.2) is 13.1 Å². The summed E-state index contributed by atoms with van der Waals surface area (Å²) in [5.74, 6) is 0. The van der Waals surface area contributed by atoms with Gasteiger partial charge in [-0.3, -0.25) is 4.79 Å². The third-order valence-corrected chi connectivity index (χ3v) is 8.81. The molecular weight excluding hydrogens is 408 g/mol. The molecule has 2 aromatic heterocycles. The lowest BCUT2D eigenvalue weighted by atomic mass is 9.92. The van der Waals surface area contributed by atoms with Crippen LogP contribution in [-0.2, 0) is 22.9 Å². The second kappa shape index (κ2) is 7.30. The lowest BCUT2D eigenvalue weighted by Crippen LogP contribution is -2.41. The SMILES string of the molecule is O=c1c2sccc2nnn1C1CCN(S(=O)(=O)c2ccc3c(c2)CCCC3)CC1. The zero-order chi connectivity index (χ0) is 20.0. The molecule has 1 fully saturated rings. The Labute approximate surface area is 173 Å². The molecule has 5 rings (SSSR count). The van der Waals surface area contributed by atoms with E-state index in [1.165, 1.54) is 37.9 Å². The van der Waals surface area contributed by atoms with Crippen LogP contribution in [0.15, 0.2) is 39.3 Å². The number of aromatic nitrogens is 3. The van der Waals surface area contributed by atoms with Crippen LogP contribution in [0.5, 0.6) is 0 Å². The molecule has 0 unspecified atom stereocenters. The number of rotatable bonds is 3. The predicted molar refractivity (Wildman–Crippen MR) is 112 cm³/mol. The topological polar surface area (TPSA) is 85.2 Å². The number of sulfonamides is 1. The Bertz CT molecular complexity index is 1220. The maximum absolute atomic E-state index is 13.2. The van der Waals surface area contributed by atoms with Crippen molar-refractivity contribution in [1.82, 2.24) is 19.3 Å². The summed E-state index contributed by atoms with van der Waals surface area (Å²) in [6.45, 7) is 0.751. The maximum Gasteiger partial charge on any atom is 0.287 e. The number of hydrogen-bond acceptors (Lipinski definition) is 6. The third kappa shape index (κ3) is 3.31. The molecule has 2 aliphatic rings. The Hall–Kier alpha value is -2.10. The molecule has 0 bridgehead atoms. The largest absolute Gasteiger partial charge is 0.287 e. The van der Waals surface area contributed by atoms with E-state index < -0.39 is 10.0 Å². The first kappa shape index (κ1) is 18.9. The standard InChI is InChI=1S/C20H22N4O3S2/c25-20-19-18(9-12-28-19)21-22-24(20)16-7-10-23(11-8-16)29(26,27)17-6-5-14-3-1-2-4-15(14)13-17/h5-6,9,12-13,16H,1-4,7-8,10-11H2. The minimum Gasteiger partial charge on any atom is -0.266 e. The Balaban J connectivity index is 1.35. The highest BCUT2D eigenvalue weighted by Gasteiger charge is 2.31. The molecule has 152 valence electrons. The van der Waals surface area contributed by atoms with Crippen LogP contribution in [0, 0.1) is 0 Å². The first-order valence-electron chi connectivity index (χ1n) is 9.99. The van der Waals surface area contributed by atoms with Crippen LogP contribution in [0.4, 0.5) is 0 Å². The van der Waals surface area contributed by atoms with Gasteiger partial charge in [0, 0.05) is 13.1 Å². The van der Waals surface area contributed by atoms with Crippen molar-refractivity contribution >= 4 is 31.6 Å². The van der Waals surface area contributed by atoms with Crippen molar-refractivity contribution in [2.24, 2.45) is 0 Å². The normalized spacial score (nSPS) is 18.8. The highest BCUT2D eigenvalue weighted by Crippen LogP contribution is 2.29. The van der Waals surface area contributed by atoms with Gasteiger partial charge in [0.15, 0.2) is 0 Å². The van der Waals surface area contributed by atoms with Crippen molar-refractivity contribution in [2.75, 3.05) is 13.1 Å². The van der Waals surface area contributed by atoms with Gasteiger partial charge >= 0.3 is 0 Å². The molecule has 1 aromatic carbocycles. The van der Waals surface area contributed by atoms with Crippen molar-refractivity contribution in [3.05, 3.63) is 51.1 Å². The van der Waals surface area contributed by atoms with Gasteiger partial charge in [-0.1, -0.05) is 11.3 Å². The monoisotopic (exact) mass is 430 g/mol. The van der Waals surface area contributed by atoms with Gasteiger partial charge in [-0.15, -0.1) is 16.4 Å². The quantitative estimate of drug-likeness (QED) is 0.638. The zero-order valence-corrected chi connectivity index (χ0v) is 17.6. The van der Waals surface area contributed by atoms with Crippen LogP contribution < -0.4 is 5.56 Å². The number of thiophene rings is 1. The van der Waals surface area contributed by atoms with Gasteiger partial charge in [0.05, 0.1) is 10.9 Å². The van der Waals surface area contributed by atoms with Crippen molar-refractivity contribution in [3.63, 3.8) is 0 Å². The molecule has 0 spiro atoms. The molecule has 0 atom stereocenters. The molecular formula is C20H22N4O3S2. The lowest BCUT2D eigenvalue weighted by molar-refractivity contribution is 0.252. The van der Waals surface area contributed by atoms with E-state index >= 15 is 0 Å². The molecule has 9 heteroatoms. The first-order valence-corrected chi connectivity index (χ1v) is 12.3. The Morgan fingerprint density at radius 1 is 1.03 bits per heavy atom. The summed E-state index contributed by atoms with van der Waals surface area (Å²) in [7, 11) is -3.52. The minimum atomic E-state index is -3.52. The van der Waals surface area contributed by atoms with E-state index in [0.29, 0.717) is 41.0 Å². The Morgan fingerprint density at radius 2 is 1.79 bits per heavy atom. The summed E-state index contributed by atoms with van der Waals surface area (Å²) >= 11 is 1.36. The number of fused-ring (bicyclic) bond motifs is 2. The smallest absolute Gasteiger partial charge is 0.266 e. The predicted octanol–water partition coefficient (Wildman–Crippen LogP) is 2.76. The van der Waals surface area contributed by atoms with E-state index in [1.807, 2.05) is 17.5 Å². The summed E-state index contributed by atoms with van der Waals surface area (Å²) < 4.78 is 29.9. The molecule has 0 amide bonds. The van der Waals surface area contributed by atoms with Gasteiger partial charge in [-0.05, 0) is 73.2 Å². The maximum atomic E-state index is 13.2. The molecule has 0 N–H and O–H groups in total. The zero-order valence-electron chi connectivity index (χ0n) is 16.0. The van der Waals surface area contributed by atoms with Gasteiger partial charge in [-0.2, -0.15) is 4.31 Å². The van der Waals surface area contributed by atoms with Gasteiger partial charge in [0.2, 0.25) is 10.0 Å². The minimum absolute atomic E-state index is 0.128. The highest BCUT2D eigenvalue weighted by atomic mass is 32.2. The molecule has 29 heavy (non-hydrogen) atoms. The molecule has 7 nitrogen and oxygen atoms in total. The fourth-order valence-corrected chi connectivity index (χ4v) is 6.65. The van der Waals surface area contributed by atoms with Crippen LogP contribution in [-0.4, -0.2) is 40.8 Å². The van der Waals surface area contributed by atoms with Crippen LogP contribution in [0.1, 0.15) is 42.9 Å². The molecule has 3 aromatic rings. The summed E-state index contributed by atoms with van der Waals surface area (Å²) in [5, 5.41) is 10.0. The van der Waals surface area contributed by atoms with E-state index in [-0.39, 0.29) is 11.6 Å². The summed E-state index contributed by atoms with van der Waals surface area (Å²) in [6.07, 6.45) is 5.38. The summed E-state index contributed by atoms with van der Waals surface area (Å²) in [6, 6.07) is 7.23. The van der Waals surface area contributed by atoms with Crippen molar-refractivity contribution < 1.29 is 8.42 Å². The van der Waals surface area contributed by atoms with Crippen LogP contribution in [0.25, 0.3) is 10.2 Å². The van der Waals surface area contributed by atoms with E-state index in [4.69, 9.17) is 0 Å². The average molecular weight is 431 g/mol. The van der Waals surface area contributed by atoms with Gasteiger partial charge in [0.25, 0.3) is 5.56 Å². The van der Waals surface area contributed by atoms with E-state index in [0.717, 1.165) is 19.3 Å². The van der Waals surface area contributed by atoms with Crippen LogP contribution >= 0.6 is 11.3 Å². The van der Waals surface area contributed by atoms with Gasteiger partial charge < -0.3 is 0 Å². The van der Waals surface area contributed by atoms with Gasteiger partial charge in [0.1, 0.15) is 10.2 Å². The Kier molecular flexibility index (Phi) is 4.76. The number of nitrogens with zero attached hydrogens (tertiary/aromatic N) is 4. The van der Waals surface area contributed by atoms with Crippen molar-refractivity contribution in [1.29, 1.82) is 0 Å². The number of hydrogen-bond donors (Lipinski definition) is 0. The first-order chi connectivity index (χ1) is 14.0. The molecule has 3 heterocycles. The molecule has 0 saturated carbocycles. The lowest BCUT2D eigenvalue weighted by Gasteiger charge is -2.31. The van der Waals surface area contributed by atoms with E-state index in [1.54, 1.807) is 12.1 Å². The summed E-state index contributed by atoms with van der Waals surface area (Å²) in [4.78, 5) is 13.0. The number of aryl methyl sites for hydroxylation is 2. The molecule has 1 aliphatic heterocycles. The second-order valence-corrected chi connectivity index (χ2v) is 10.6. The van der Waals surface area contributed by atoms with Crippen molar-refractivity contribution in [2.45, 2.75) is 49.5 Å². The second-order valence-electron chi connectivity index (χ2n) is 7.75. The third-order valence-electron chi connectivity index (χ3n) is 6.02. The molecule has 1 saturated heterocycles. The average Bonchev–Trinajstić information content (AvgIpc) is 3.24. The fraction of sp³-hybridized carbons (Fsp3) is 0.450. The van der Waals surface area contributed by atoms with Crippen LogP contribution in [0.2, 0.25) is 0 Å². The summed E-state index contributed by atoms with van der Waals surface area (Å²) in [5.41, 5.74) is 2.92. The van der Waals surface area contributed by atoms with Crippen LogP contribution in [0.3, 0.4) is 0 Å². The number of piperidine rings is 1. The van der Waals surface area contributed by atoms with E-state index in [2.05, 4.69) is 10.3 Å². The molecule has 1 aliphatic carbocycles. The van der Waals surface area contributed by atoms with Crippen molar-refractivity contribution in [3.8, 4) is 0 Å². The van der Waals surface area contributed by atoms with E-state index in [9.17, 15) is 13.2 Å². The molecule has 0 radical (unpaired) electrons.